The van der Waals surface area contributed by atoms with E-state index in [9.17, 15) is 9.18 Å². The Hall–Kier alpha value is -1.44. The molecule has 0 fully saturated rings. The second-order valence-corrected chi connectivity index (χ2v) is 5.42. The zero-order valence-corrected chi connectivity index (χ0v) is 12.5. The van der Waals surface area contributed by atoms with Gasteiger partial charge >= 0.3 is 0 Å². The first-order chi connectivity index (χ1) is 9.06. The quantitative estimate of drug-likeness (QED) is 0.838. The predicted molar refractivity (Wildman–Crippen MR) is 78.3 cm³/mol. The van der Waals surface area contributed by atoms with Crippen LogP contribution in [-0.2, 0) is 6.54 Å². The minimum absolute atomic E-state index is 0.0393. The van der Waals surface area contributed by atoms with Crippen LogP contribution in [0.4, 0.5) is 4.39 Å². The zero-order chi connectivity index (χ0) is 13.8. The molecule has 0 aliphatic carbocycles. The van der Waals surface area contributed by atoms with Gasteiger partial charge < -0.3 is 9.88 Å². The highest BCUT2D eigenvalue weighted by Gasteiger charge is 2.13. The van der Waals surface area contributed by atoms with Gasteiger partial charge in [0.15, 0.2) is 0 Å². The molecule has 0 aliphatic rings. The van der Waals surface area contributed by atoms with Crippen LogP contribution in [0.15, 0.2) is 36.9 Å². The molecule has 1 heterocycles. The third-order valence-corrected chi connectivity index (χ3v) is 3.49. The molecule has 1 atom stereocenters. The molecule has 2 rings (SSSR count). The van der Waals surface area contributed by atoms with Crippen LogP contribution >= 0.6 is 22.6 Å². The topological polar surface area (TPSA) is 46.9 Å². The maximum Gasteiger partial charge on any atom is 0.252 e. The average Bonchev–Trinajstić information content (AvgIpc) is 2.81. The third-order valence-electron chi connectivity index (χ3n) is 2.60. The summed E-state index contributed by atoms with van der Waals surface area (Å²) in [7, 11) is 0. The first-order valence-electron chi connectivity index (χ1n) is 5.78. The lowest BCUT2D eigenvalue weighted by Gasteiger charge is -2.15. The molecule has 0 radical (unpaired) electrons. The van der Waals surface area contributed by atoms with E-state index in [-0.39, 0.29) is 17.8 Å². The van der Waals surface area contributed by atoms with Gasteiger partial charge in [-0.2, -0.15) is 0 Å². The Morgan fingerprint density at radius 1 is 1.58 bits per heavy atom. The smallest absolute Gasteiger partial charge is 0.252 e. The molecule has 0 saturated carbocycles. The minimum atomic E-state index is -0.340. The van der Waals surface area contributed by atoms with Gasteiger partial charge in [0.1, 0.15) is 5.82 Å². The summed E-state index contributed by atoms with van der Waals surface area (Å²) in [6, 6.07) is 4.09. The highest BCUT2D eigenvalue weighted by Crippen LogP contribution is 2.14. The number of carbonyl (C=O) groups is 1. The molecule has 1 aromatic carbocycles. The van der Waals surface area contributed by atoms with Crippen molar-refractivity contribution in [2.45, 2.75) is 19.5 Å². The van der Waals surface area contributed by atoms with E-state index in [4.69, 9.17) is 0 Å². The molecule has 2 aromatic rings. The number of hydrogen-bond acceptors (Lipinski definition) is 2. The van der Waals surface area contributed by atoms with Gasteiger partial charge in [0.25, 0.3) is 5.91 Å². The SMILES string of the molecule is CC(Cn1ccnc1)NC(=O)c1ccc(F)cc1I. The normalized spacial score (nSPS) is 12.2. The lowest BCUT2D eigenvalue weighted by atomic mass is 10.2. The molecule has 0 aliphatic heterocycles. The number of amides is 1. The number of carbonyl (C=O) groups excluding carboxylic acids is 1. The minimum Gasteiger partial charge on any atom is -0.348 e. The van der Waals surface area contributed by atoms with Crippen LogP contribution in [0.1, 0.15) is 17.3 Å². The van der Waals surface area contributed by atoms with Crippen LogP contribution in [0.2, 0.25) is 0 Å². The molecule has 0 bridgehead atoms. The average molecular weight is 373 g/mol. The summed E-state index contributed by atoms with van der Waals surface area (Å²) in [6.07, 6.45) is 5.23. The third kappa shape index (κ3) is 3.76. The summed E-state index contributed by atoms with van der Waals surface area (Å²) in [4.78, 5) is 16.0. The van der Waals surface area contributed by atoms with E-state index in [1.165, 1.54) is 18.2 Å². The molecule has 100 valence electrons. The number of nitrogens with one attached hydrogen (secondary N) is 1. The number of imidazole rings is 1. The van der Waals surface area contributed by atoms with E-state index in [0.717, 1.165) is 0 Å². The second kappa shape index (κ2) is 6.14. The maximum absolute atomic E-state index is 13.0. The number of halogens is 2. The Balaban J connectivity index is 2.00. The number of benzene rings is 1. The molecule has 19 heavy (non-hydrogen) atoms. The van der Waals surface area contributed by atoms with Crippen LogP contribution in [0, 0.1) is 9.39 Å². The molecular weight excluding hydrogens is 360 g/mol. The van der Waals surface area contributed by atoms with Gasteiger partial charge in [-0.25, -0.2) is 9.37 Å². The Kier molecular flexibility index (Phi) is 4.52. The lowest BCUT2D eigenvalue weighted by molar-refractivity contribution is 0.0936. The van der Waals surface area contributed by atoms with Crippen molar-refractivity contribution in [2.24, 2.45) is 0 Å². The summed E-state index contributed by atoms with van der Waals surface area (Å²) < 4.78 is 15.5. The van der Waals surface area contributed by atoms with Crippen molar-refractivity contribution in [3.63, 3.8) is 0 Å². The van der Waals surface area contributed by atoms with Gasteiger partial charge in [-0.1, -0.05) is 0 Å². The molecule has 1 unspecified atom stereocenters. The van der Waals surface area contributed by atoms with Gasteiger partial charge in [0.2, 0.25) is 0 Å². The van der Waals surface area contributed by atoms with E-state index < -0.39 is 0 Å². The summed E-state index contributed by atoms with van der Waals surface area (Å²) in [6.45, 7) is 2.55. The molecule has 4 nitrogen and oxygen atoms in total. The molecule has 1 amide bonds. The highest BCUT2D eigenvalue weighted by atomic mass is 127. The van der Waals surface area contributed by atoms with Crippen molar-refractivity contribution in [1.29, 1.82) is 0 Å². The fourth-order valence-corrected chi connectivity index (χ4v) is 2.45. The molecule has 1 aromatic heterocycles. The standard InChI is InChI=1S/C13H13FIN3O/c1-9(7-18-5-4-16-8-18)17-13(19)11-3-2-10(14)6-12(11)15/h2-6,8-9H,7H2,1H3,(H,17,19). The van der Waals surface area contributed by atoms with Crippen LogP contribution in [0.5, 0.6) is 0 Å². The highest BCUT2D eigenvalue weighted by molar-refractivity contribution is 14.1. The lowest BCUT2D eigenvalue weighted by Crippen LogP contribution is -2.35. The van der Waals surface area contributed by atoms with E-state index in [2.05, 4.69) is 10.3 Å². The van der Waals surface area contributed by atoms with Crippen LogP contribution in [-0.4, -0.2) is 21.5 Å². The van der Waals surface area contributed by atoms with Gasteiger partial charge in [0.05, 0.1) is 11.9 Å². The van der Waals surface area contributed by atoms with Gasteiger partial charge in [-0.15, -0.1) is 0 Å². The molecule has 0 saturated heterocycles. The van der Waals surface area contributed by atoms with Crippen LogP contribution in [0.25, 0.3) is 0 Å². The first kappa shape index (κ1) is 14.0. The van der Waals surface area contributed by atoms with Crippen LogP contribution < -0.4 is 5.32 Å². The van der Waals surface area contributed by atoms with E-state index in [0.29, 0.717) is 15.7 Å². The Morgan fingerprint density at radius 3 is 3.00 bits per heavy atom. The molecule has 1 N–H and O–H groups in total. The fraction of sp³-hybridized carbons (Fsp3) is 0.231. The number of rotatable bonds is 4. The van der Waals surface area contributed by atoms with Crippen molar-refractivity contribution in [3.05, 3.63) is 51.9 Å². The van der Waals surface area contributed by atoms with E-state index >= 15 is 0 Å². The van der Waals surface area contributed by atoms with Crippen molar-refractivity contribution in [1.82, 2.24) is 14.9 Å². The zero-order valence-electron chi connectivity index (χ0n) is 10.3. The molecule has 6 heteroatoms. The first-order valence-corrected chi connectivity index (χ1v) is 6.86. The Morgan fingerprint density at radius 2 is 2.37 bits per heavy atom. The van der Waals surface area contributed by atoms with Gasteiger partial charge in [-0.3, -0.25) is 4.79 Å². The summed E-state index contributed by atoms with van der Waals surface area (Å²) in [5.74, 6) is -0.538. The number of aromatic nitrogens is 2. The Labute approximate surface area is 124 Å². The molecule has 0 spiro atoms. The summed E-state index contributed by atoms with van der Waals surface area (Å²) >= 11 is 1.95. The largest absolute Gasteiger partial charge is 0.348 e. The van der Waals surface area contributed by atoms with Crippen molar-refractivity contribution in [3.8, 4) is 0 Å². The monoisotopic (exact) mass is 373 g/mol. The van der Waals surface area contributed by atoms with Gasteiger partial charge in [0, 0.05) is 28.6 Å². The van der Waals surface area contributed by atoms with Crippen molar-refractivity contribution in [2.75, 3.05) is 0 Å². The molecular formula is C13H13FIN3O. The van der Waals surface area contributed by atoms with E-state index in [1.807, 2.05) is 40.3 Å². The van der Waals surface area contributed by atoms with E-state index in [1.54, 1.807) is 12.5 Å². The predicted octanol–water partition coefficient (Wildman–Crippen LogP) is 2.45. The Bertz CT molecular complexity index is 571. The summed E-state index contributed by atoms with van der Waals surface area (Å²) in [5.41, 5.74) is 0.486. The van der Waals surface area contributed by atoms with Crippen molar-refractivity contribution >= 4 is 28.5 Å². The second-order valence-electron chi connectivity index (χ2n) is 4.26. The van der Waals surface area contributed by atoms with Crippen LogP contribution in [0.3, 0.4) is 0 Å². The maximum atomic E-state index is 13.0. The number of hydrogen-bond donors (Lipinski definition) is 1. The van der Waals surface area contributed by atoms with Gasteiger partial charge in [-0.05, 0) is 47.7 Å². The number of nitrogens with zero attached hydrogens (tertiary/aromatic N) is 2. The van der Waals surface area contributed by atoms with Crippen molar-refractivity contribution < 1.29 is 9.18 Å². The summed E-state index contributed by atoms with van der Waals surface area (Å²) in [5, 5.41) is 2.88. The fourth-order valence-electron chi connectivity index (χ4n) is 1.73.